The van der Waals surface area contributed by atoms with Crippen molar-refractivity contribution in [3.63, 3.8) is 0 Å². The highest BCUT2D eigenvalue weighted by Crippen LogP contribution is 2.38. The molecule has 0 aromatic heterocycles. The Kier molecular flexibility index (Phi) is 4.72. The fourth-order valence-corrected chi connectivity index (χ4v) is 4.29. The van der Waals surface area contributed by atoms with Crippen LogP contribution in [0.5, 0.6) is 11.5 Å². The van der Waals surface area contributed by atoms with Crippen LogP contribution in [-0.2, 0) is 9.59 Å². The number of ether oxygens (including phenoxy) is 2. The van der Waals surface area contributed by atoms with E-state index in [4.69, 9.17) is 9.47 Å². The summed E-state index contributed by atoms with van der Waals surface area (Å²) in [6, 6.07) is 5.56. The maximum Gasteiger partial charge on any atom is 0.308 e. The van der Waals surface area contributed by atoms with E-state index in [-0.39, 0.29) is 17.9 Å². The SMILES string of the molecule is O=C(O)[C@H]1C(CCN2CCCC2=O)NCC1c1ccc2c(c1)OCCO2. The lowest BCUT2D eigenvalue weighted by Gasteiger charge is -2.24. The molecule has 1 aromatic carbocycles. The van der Waals surface area contributed by atoms with Crippen LogP contribution in [0, 0.1) is 5.92 Å². The average Bonchev–Trinajstić information content (AvgIpc) is 3.25. The van der Waals surface area contributed by atoms with Gasteiger partial charge < -0.3 is 24.8 Å². The van der Waals surface area contributed by atoms with Gasteiger partial charge in [-0.3, -0.25) is 9.59 Å². The Morgan fingerprint density at radius 2 is 2.08 bits per heavy atom. The van der Waals surface area contributed by atoms with E-state index < -0.39 is 11.9 Å². The lowest BCUT2D eigenvalue weighted by molar-refractivity contribution is -0.142. The molecule has 3 heterocycles. The van der Waals surface area contributed by atoms with E-state index in [0.717, 1.165) is 18.5 Å². The summed E-state index contributed by atoms with van der Waals surface area (Å²) >= 11 is 0. The number of benzene rings is 1. The molecule has 2 saturated heterocycles. The molecule has 2 unspecified atom stereocenters. The second kappa shape index (κ2) is 7.15. The summed E-state index contributed by atoms with van der Waals surface area (Å²) < 4.78 is 11.2. The molecular formula is C19H24N2O5. The number of rotatable bonds is 5. The first kappa shape index (κ1) is 17.1. The molecule has 2 fully saturated rings. The first-order chi connectivity index (χ1) is 12.6. The van der Waals surface area contributed by atoms with Crippen LogP contribution in [0.2, 0.25) is 0 Å². The van der Waals surface area contributed by atoms with Gasteiger partial charge in [-0.05, 0) is 30.5 Å². The van der Waals surface area contributed by atoms with E-state index in [0.29, 0.717) is 50.6 Å². The summed E-state index contributed by atoms with van der Waals surface area (Å²) in [6.07, 6.45) is 2.17. The van der Waals surface area contributed by atoms with Gasteiger partial charge in [0.1, 0.15) is 13.2 Å². The van der Waals surface area contributed by atoms with E-state index >= 15 is 0 Å². The van der Waals surface area contributed by atoms with Gasteiger partial charge in [-0.15, -0.1) is 0 Å². The summed E-state index contributed by atoms with van der Waals surface area (Å²) in [5, 5.41) is 13.2. The smallest absolute Gasteiger partial charge is 0.308 e. The number of amides is 1. The summed E-state index contributed by atoms with van der Waals surface area (Å²) in [5.41, 5.74) is 0.953. The predicted molar refractivity (Wildman–Crippen MR) is 93.5 cm³/mol. The largest absolute Gasteiger partial charge is 0.486 e. The number of carboxylic acid groups (broad SMARTS) is 1. The van der Waals surface area contributed by atoms with Gasteiger partial charge in [-0.25, -0.2) is 0 Å². The van der Waals surface area contributed by atoms with E-state index in [1.165, 1.54) is 0 Å². The molecule has 3 aliphatic rings. The van der Waals surface area contributed by atoms with Gasteiger partial charge >= 0.3 is 5.97 Å². The van der Waals surface area contributed by atoms with Crippen molar-refractivity contribution in [3.05, 3.63) is 23.8 Å². The van der Waals surface area contributed by atoms with Gasteiger partial charge in [-0.2, -0.15) is 0 Å². The highest BCUT2D eigenvalue weighted by Gasteiger charge is 2.42. The van der Waals surface area contributed by atoms with Gasteiger partial charge in [0.2, 0.25) is 5.91 Å². The molecule has 0 radical (unpaired) electrons. The summed E-state index contributed by atoms with van der Waals surface area (Å²) in [7, 11) is 0. The zero-order chi connectivity index (χ0) is 18.1. The molecule has 140 valence electrons. The Bertz CT molecular complexity index is 707. The summed E-state index contributed by atoms with van der Waals surface area (Å²) in [6.45, 7) is 3.05. The minimum atomic E-state index is -0.798. The number of aliphatic carboxylic acids is 1. The van der Waals surface area contributed by atoms with Crippen LogP contribution in [0.3, 0.4) is 0 Å². The zero-order valence-electron chi connectivity index (χ0n) is 14.6. The molecule has 0 spiro atoms. The summed E-state index contributed by atoms with van der Waals surface area (Å²) in [4.78, 5) is 25.6. The third-order valence-corrected chi connectivity index (χ3v) is 5.63. The van der Waals surface area contributed by atoms with E-state index in [1.54, 1.807) is 0 Å². The number of carboxylic acids is 1. The maximum atomic E-state index is 12.0. The lowest BCUT2D eigenvalue weighted by atomic mass is 9.84. The molecule has 7 nitrogen and oxygen atoms in total. The highest BCUT2D eigenvalue weighted by molar-refractivity contribution is 5.78. The lowest BCUT2D eigenvalue weighted by Crippen LogP contribution is -2.37. The van der Waals surface area contributed by atoms with Crippen LogP contribution < -0.4 is 14.8 Å². The number of fused-ring (bicyclic) bond motifs is 1. The van der Waals surface area contributed by atoms with Gasteiger partial charge in [0.25, 0.3) is 0 Å². The molecule has 26 heavy (non-hydrogen) atoms. The normalized spacial score (nSPS) is 27.8. The van der Waals surface area contributed by atoms with Crippen molar-refractivity contribution < 1.29 is 24.2 Å². The van der Waals surface area contributed by atoms with Crippen LogP contribution in [0.1, 0.15) is 30.7 Å². The monoisotopic (exact) mass is 360 g/mol. The Labute approximate surface area is 152 Å². The minimum absolute atomic E-state index is 0.123. The first-order valence-corrected chi connectivity index (χ1v) is 9.27. The highest BCUT2D eigenvalue weighted by atomic mass is 16.6. The molecule has 1 amide bonds. The third-order valence-electron chi connectivity index (χ3n) is 5.63. The van der Waals surface area contributed by atoms with Crippen molar-refractivity contribution in [2.24, 2.45) is 5.92 Å². The third kappa shape index (κ3) is 3.23. The van der Waals surface area contributed by atoms with Crippen molar-refractivity contribution in [2.75, 3.05) is 32.8 Å². The number of carbonyl (C=O) groups excluding carboxylic acids is 1. The molecule has 0 saturated carbocycles. The Morgan fingerprint density at radius 3 is 2.81 bits per heavy atom. The first-order valence-electron chi connectivity index (χ1n) is 9.27. The minimum Gasteiger partial charge on any atom is -0.486 e. The fourth-order valence-electron chi connectivity index (χ4n) is 4.29. The number of nitrogens with one attached hydrogen (secondary N) is 1. The van der Waals surface area contributed by atoms with Gasteiger partial charge in [0.05, 0.1) is 5.92 Å². The van der Waals surface area contributed by atoms with Crippen LogP contribution in [-0.4, -0.2) is 60.8 Å². The molecular weight excluding hydrogens is 336 g/mol. The van der Waals surface area contributed by atoms with E-state index in [1.807, 2.05) is 23.1 Å². The van der Waals surface area contributed by atoms with Gasteiger partial charge in [0, 0.05) is 38.0 Å². The number of hydrogen-bond acceptors (Lipinski definition) is 5. The maximum absolute atomic E-state index is 12.0. The molecule has 7 heteroatoms. The number of likely N-dealkylation sites (tertiary alicyclic amines) is 1. The van der Waals surface area contributed by atoms with Crippen LogP contribution in [0.25, 0.3) is 0 Å². The molecule has 3 aliphatic heterocycles. The Morgan fingerprint density at radius 1 is 1.27 bits per heavy atom. The van der Waals surface area contributed by atoms with Crippen LogP contribution >= 0.6 is 0 Å². The zero-order valence-corrected chi connectivity index (χ0v) is 14.6. The van der Waals surface area contributed by atoms with Crippen molar-refractivity contribution in [1.82, 2.24) is 10.2 Å². The standard InChI is InChI=1S/C19H24N2O5/c22-17-2-1-6-21(17)7-5-14-18(19(23)24)13(11-20-14)12-3-4-15-16(10-12)26-9-8-25-15/h3-4,10,13-14,18,20H,1-2,5-9,11H2,(H,23,24)/t13?,14?,18-/m1/s1. The number of carbonyl (C=O) groups is 2. The van der Waals surface area contributed by atoms with Crippen LogP contribution in [0.4, 0.5) is 0 Å². The van der Waals surface area contributed by atoms with E-state index in [9.17, 15) is 14.7 Å². The van der Waals surface area contributed by atoms with Crippen molar-refractivity contribution in [2.45, 2.75) is 31.2 Å². The molecule has 4 rings (SSSR count). The van der Waals surface area contributed by atoms with Gasteiger partial charge in [-0.1, -0.05) is 6.07 Å². The van der Waals surface area contributed by atoms with Crippen molar-refractivity contribution in [3.8, 4) is 11.5 Å². The Balaban J connectivity index is 1.48. The van der Waals surface area contributed by atoms with Gasteiger partial charge in [0.15, 0.2) is 11.5 Å². The second-order valence-corrected chi connectivity index (χ2v) is 7.16. The van der Waals surface area contributed by atoms with E-state index in [2.05, 4.69) is 5.32 Å². The van der Waals surface area contributed by atoms with Crippen LogP contribution in [0.15, 0.2) is 18.2 Å². The van der Waals surface area contributed by atoms with Crippen molar-refractivity contribution in [1.29, 1.82) is 0 Å². The molecule has 2 N–H and O–H groups in total. The molecule has 0 aliphatic carbocycles. The van der Waals surface area contributed by atoms with Crippen molar-refractivity contribution >= 4 is 11.9 Å². The number of hydrogen-bond donors (Lipinski definition) is 2. The molecule has 0 bridgehead atoms. The fraction of sp³-hybridized carbons (Fsp3) is 0.579. The quantitative estimate of drug-likeness (QED) is 0.821. The second-order valence-electron chi connectivity index (χ2n) is 7.16. The number of nitrogens with zero attached hydrogens (tertiary/aromatic N) is 1. The topological polar surface area (TPSA) is 88.1 Å². The Hall–Kier alpha value is -2.28. The molecule has 1 aromatic rings. The molecule has 3 atom stereocenters. The summed E-state index contributed by atoms with van der Waals surface area (Å²) in [5.74, 6) is 0.134. The average molecular weight is 360 g/mol. The predicted octanol–water partition coefficient (Wildman–Crippen LogP) is 1.23.